The number of halogens is 1. The number of methoxy groups -OCH3 is 1. The molecule has 154 valence electrons. The summed E-state index contributed by atoms with van der Waals surface area (Å²) in [6, 6.07) is 7.04. The number of nitrogens with one attached hydrogen (secondary N) is 1. The number of benzene rings is 1. The van der Waals surface area contributed by atoms with Crippen LogP contribution in [-0.2, 0) is 19.1 Å². The second kappa shape index (κ2) is 8.70. The molecule has 0 bridgehead atoms. The van der Waals surface area contributed by atoms with Crippen LogP contribution in [0.2, 0.25) is 5.02 Å². The number of anilines is 1. The smallest absolute Gasteiger partial charge is 0.311 e. The van der Waals surface area contributed by atoms with E-state index in [2.05, 4.69) is 11.4 Å². The lowest BCUT2D eigenvalue weighted by atomic mass is 10.00. The number of esters is 1. The van der Waals surface area contributed by atoms with Crippen LogP contribution in [0.3, 0.4) is 0 Å². The predicted octanol–water partition coefficient (Wildman–Crippen LogP) is 2.20. The molecule has 0 spiro atoms. The van der Waals surface area contributed by atoms with Crippen LogP contribution in [0.4, 0.5) is 5.69 Å². The highest BCUT2D eigenvalue weighted by molar-refractivity contribution is 6.31. The number of carbonyl (C=O) groups excluding carboxylic acids is 3. The van der Waals surface area contributed by atoms with E-state index in [1.165, 1.54) is 12.0 Å². The lowest BCUT2D eigenvalue weighted by Crippen LogP contribution is -2.47. The van der Waals surface area contributed by atoms with Crippen LogP contribution in [-0.4, -0.2) is 43.6 Å². The predicted molar refractivity (Wildman–Crippen MR) is 104 cm³/mol. The Bertz CT molecular complexity index is 860. The van der Waals surface area contributed by atoms with Crippen molar-refractivity contribution >= 4 is 35.1 Å². The van der Waals surface area contributed by atoms with Crippen LogP contribution in [0.25, 0.3) is 0 Å². The first-order valence-electron chi connectivity index (χ1n) is 9.40. The Morgan fingerprint density at radius 3 is 2.76 bits per heavy atom. The molecule has 2 amide bonds. The maximum absolute atomic E-state index is 12.4. The van der Waals surface area contributed by atoms with Crippen molar-refractivity contribution in [3.63, 3.8) is 0 Å². The zero-order chi connectivity index (χ0) is 21.0. The van der Waals surface area contributed by atoms with Crippen molar-refractivity contribution in [2.75, 3.05) is 25.2 Å². The van der Waals surface area contributed by atoms with Gasteiger partial charge in [-0.05, 0) is 43.9 Å². The van der Waals surface area contributed by atoms with Gasteiger partial charge < -0.3 is 19.7 Å². The molecule has 0 unspecified atom stereocenters. The zero-order valence-corrected chi connectivity index (χ0v) is 16.8. The standard InChI is InChI=1S/C20H22ClN3O5/c1-28-16-5-4-14(21)9-15(16)24-10-13(8-18(24)26)19(27)29-11-17(25)23-20(12-22)6-2-3-7-20/h4-5,9,13H,2-3,6-8,10-11H2,1H3,(H,23,25)/t13-/m1/s1. The molecule has 1 saturated heterocycles. The summed E-state index contributed by atoms with van der Waals surface area (Å²) in [5, 5.41) is 12.4. The minimum absolute atomic E-state index is 0.0295. The molecule has 1 aliphatic heterocycles. The summed E-state index contributed by atoms with van der Waals surface area (Å²) in [5.74, 6) is -1.63. The highest BCUT2D eigenvalue weighted by Gasteiger charge is 2.38. The van der Waals surface area contributed by atoms with Gasteiger partial charge in [0.05, 0.1) is 24.8 Å². The van der Waals surface area contributed by atoms with Gasteiger partial charge in [0, 0.05) is 18.0 Å². The van der Waals surface area contributed by atoms with E-state index in [-0.39, 0.29) is 18.9 Å². The van der Waals surface area contributed by atoms with Gasteiger partial charge in [0.25, 0.3) is 5.91 Å². The average molecular weight is 420 g/mol. The average Bonchev–Trinajstić information content (AvgIpc) is 3.33. The molecule has 1 saturated carbocycles. The van der Waals surface area contributed by atoms with Gasteiger partial charge in [-0.1, -0.05) is 11.6 Å². The second-order valence-electron chi connectivity index (χ2n) is 7.28. The lowest BCUT2D eigenvalue weighted by molar-refractivity contribution is -0.152. The third-order valence-corrected chi connectivity index (χ3v) is 5.52. The van der Waals surface area contributed by atoms with Gasteiger partial charge in [0.15, 0.2) is 6.61 Å². The maximum atomic E-state index is 12.4. The number of hydrogen-bond acceptors (Lipinski definition) is 6. The number of carbonyl (C=O) groups is 3. The number of hydrogen-bond donors (Lipinski definition) is 1. The molecule has 1 aromatic carbocycles. The summed E-state index contributed by atoms with van der Waals surface area (Å²) >= 11 is 6.02. The molecule has 3 rings (SSSR count). The molecule has 2 fully saturated rings. The summed E-state index contributed by atoms with van der Waals surface area (Å²) in [5.41, 5.74) is -0.387. The fourth-order valence-electron chi connectivity index (χ4n) is 3.77. The molecule has 29 heavy (non-hydrogen) atoms. The largest absolute Gasteiger partial charge is 0.495 e. The number of nitrogens with zero attached hydrogens (tertiary/aromatic N) is 2. The topological polar surface area (TPSA) is 109 Å². The van der Waals surface area contributed by atoms with E-state index in [0.29, 0.717) is 29.3 Å². The van der Waals surface area contributed by atoms with Crippen molar-refractivity contribution in [3.8, 4) is 11.8 Å². The van der Waals surface area contributed by atoms with Crippen LogP contribution in [0.1, 0.15) is 32.1 Å². The second-order valence-corrected chi connectivity index (χ2v) is 7.71. The molecule has 0 radical (unpaired) electrons. The lowest BCUT2D eigenvalue weighted by Gasteiger charge is -2.22. The Kier molecular flexibility index (Phi) is 6.28. The van der Waals surface area contributed by atoms with E-state index >= 15 is 0 Å². The van der Waals surface area contributed by atoms with Gasteiger partial charge in [-0.25, -0.2) is 0 Å². The van der Waals surface area contributed by atoms with Gasteiger partial charge in [-0.2, -0.15) is 5.26 Å². The van der Waals surface area contributed by atoms with Crippen LogP contribution in [0, 0.1) is 17.2 Å². The number of amides is 2. The fourth-order valence-corrected chi connectivity index (χ4v) is 3.94. The quantitative estimate of drug-likeness (QED) is 0.708. The van der Waals surface area contributed by atoms with E-state index in [4.69, 9.17) is 21.1 Å². The molecule has 1 N–H and O–H groups in total. The monoisotopic (exact) mass is 419 g/mol. The Hall–Kier alpha value is -2.79. The molecular formula is C20H22ClN3O5. The normalized spacial score (nSPS) is 20.2. The molecule has 1 atom stereocenters. The van der Waals surface area contributed by atoms with Gasteiger partial charge >= 0.3 is 5.97 Å². The third-order valence-electron chi connectivity index (χ3n) is 5.29. The summed E-state index contributed by atoms with van der Waals surface area (Å²) in [7, 11) is 1.48. The van der Waals surface area contributed by atoms with E-state index in [1.807, 2.05) is 0 Å². The van der Waals surface area contributed by atoms with Crippen LogP contribution in [0.5, 0.6) is 5.75 Å². The molecule has 9 heteroatoms. The van der Waals surface area contributed by atoms with Gasteiger partial charge in [-0.3, -0.25) is 14.4 Å². The summed E-state index contributed by atoms with van der Waals surface area (Å²) < 4.78 is 10.4. The highest BCUT2D eigenvalue weighted by Crippen LogP contribution is 2.35. The van der Waals surface area contributed by atoms with Crippen LogP contribution < -0.4 is 15.0 Å². The Morgan fingerprint density at radius 1 is 1.38 bits per heavy atom. The van der Waals surface area contributed by atoms with Crippen LogP contribution >= 0.6 is 11.6 Å². The SMILES string of the molecule is COc1ccc(Cl)cc1N1C[C@H](C(=O)OCC(=O)NC2(C#N)CCCC2)CC1=O. The first-order chi connectivity index (χ1) is 13.9. The molecule has 1 heterocycles. The van der Waals surface area contributed by atoms with Crippen molar-refractivity contribution in [1.82, 2.24) is 5.32 Å². The summed E-state index contributed by atoms with van der Waals surface area (Å²) in [6.45, 7) is -0.369. The fraction of sp³-hybridized carbons (Fsp3) is 0.500. The van der Waals surface area contributed by atoms with Crippen molar-refractivity contribution in [2.45, 2.75) is 37.6 Å². The van der Waals surface area contributed by atoms with Crippen molar-refractivity contribution in [3.05, 3.63) is 23.2 Å². The molecular weight excluding hydrogens is 398 g/mol. The van der Waals surface area contributed by atoms with E-state index in [9.17, 15) is 19.6 Å². The van der Waals surface area contributed by atoms with E-state index in [0.717, 1.165) is 12.8 Å². The van der Waals surface area contributed by atoms with Crippen molar-refractivity contribution in [2.24, 2.45) is 5.92 Å². The molecule has 8 nitrogen and oxygen atoms in total. The molecule has 2 aliphatic rings. The maximum Gasteiger partial charge on any atom is 0.311 e. The Morgan fingerprint density at radius 2 is 2.10 bits per heavy atom. The Labute approximate surface area is 173 Å². The number of ether oxygens (including phenoxy) is 2. The summed E-state index contributed by atoms with van der Waals surface area (Å²) in [4.78, 5) is 38.3. The first-order valence-corrected chi connectivity index (χ1v) is 9.78. The zero-order valence-electron chi connectivity index (χ0n) is 16.1. The minimum atomic E-state index is -0.868. The highest BCUT2D eigenvalue weighted by atomic mass is 35.5. The molecule has 0 aromatic heterocycles. The van der Waals surface area contributed by atoms with Crippen LogP contribution in [0.15, 0.2) is 18.2 Å². The van der Waals surface area contributed by atoms with Gasteiger partial charge in [-0.15, -0.1) is 0 Å². The van der Waals surface area contributed by atoms with Gasteiger partial charge in [0.1, 0.15) is 11.3 Å². The number of rotatable bonds is 6. The molecule has 1 aliphatic carbocycles. The van der Waals surface area contributed by atoms with E-state index < -0.39 is 29.9 Å². The first kappa shape index (κ1) is 20.9. The summed E-state index contributed by atoms with van der Waals surface area (Å²) in [6.07, 6.45) is 2.91. The molecule has 1 aromatic rings. The number of nitriles is 1. The van der Waals surface area contributed by atoms with Crippen molar-refractivity contribution in [1.29, 1.82) is 5.26 Å². The minimum Gasteiger partial charge on any atom is -0.495 e. The van der Waals surface area contributed by atoms with Crippen molar-refractivity contribution < 1.29 is 23.9 Å². The Balaban J connectivity index is 1.57. The van der Waals surface area contributed by atoms with Gasteiger partial charge in [0.2, 0.25) is 5.91 Å². The van der Waals surface area contributed by atoms with E-state index in [1.54, 1.807) is 18.2 Å². The third kappa shape index (κ3) is 4.62.